The summed E-state index contributed by atoms with van der Waals surface area (Å²) < 4.78 is 27.4. The van der Waals surface area contributed by atoms with E-state index in [0.717, 1.165) is 36.5 Å². The third-order valence-corrected chi connectivity index (χ3v) is 5.79. The largest absolute Gasteiger partial charge is 0.325 e. The van der Waals surface area contributed by atoms with Gasteiger partial charge in [0.25, 0.3) is 11.8 Å². The van der Waals surface area contributed by atoms with Gasteiger partial charge in [0.1, 0.15) is 0 Å². The van der Waals surface area contributed by atoms with Crippen molar-refractivity contribution in [3.63, 3.8) is 0 Å². The average molecular weight is 477 g/mol. The number of hydrogen-bond donors (Lipinski definition) is 1. The Labute approximate surface area is 202 Å². The van der Waals surface area contributed by atoms with Crippen LogP contribution in [0.2, 0.25) is 0 Å². The number of aromatic nitrogens is 1. The molecule has 0 bridgehead atoms. The van der Waals surface area contributed by atoms with E-state index in [9.17, 15) is 18.4 Å². The third kappa shape index (κ3) is 5.26. The van der Waals surface area contributed by atoms with Gasteiger partial charge in [-0.05, 0) is 54.8 Å². The molecule has 0 saturated heterocycles. The van der Waals surface area contributed by atoms with Gasteiger partial charge in [0.2, 0.25) is 5.91 Å². The minimum absolute atomic E-state index is 0.192. The Kier molecular flexibility index (Phi) is 6.73. The Hall–Kier alpha value is -3.94. The highest BCUT2D eigenvalue weighted by Crippen LogP contribution is 2.32. The van der Waals surface area contributed by atoms with Crippen LogP contribution < -0.4 is 10.3 Å². The first-order chi connectivity index (χ1) is 16.7. The molecule has 1 aliphatic rings. The van der Waals surface area contributed by atoms with Gasteiger partial charge in [-0.3, -0.25) is 14.6 Å². The zero-order chi connectivity index (χ0) is 25.2. The number of hydrazone groups is 1. The normalized spacial score (nSPS) is 15.8. The number of amides is 2. The Balaban J connectivity index is 1.61. The van der Waals surface area contributed by atoms with Crippen molar-refractivity contribution < 1.29 is 18.4 Å². The number of nitrogens with zero attached hydrogens (tertiary/aromatic N) is 3. The molecule has 1 aliphatic heterocycles. The van der Waals surface area contributed by atoms with E-state index in [1.165, 1.54) is 29.3 Å². The maximum absolute atomic E-state index is 13.7. The molecule has 0 fully saturated rings. The third-order valence-electron chi connectivity index (χ3n) is 5.79. The second kappa shape index (κ2) is 9.74. The average Bonchev–Trinajstić information content (AvgIpc) is 3.13. The second-order valence-corrected chi connectivity index (χ2v) is 8.66. The predicted octanol–water partition coefficient (Wildman–Crippen LogP) is 5.79. The van der Waals surface area contributed by atoms with Gasteiger partial charge >= 0.3 is 0 Å². The van der Waals surface area contributed by atoms with E-state index in [4.69, 9.17) is 0 Å². The van der Waals surface area contributed by atoms with E-state index in [1.807, 2.05) is 24.3 Å². The fraction of sp³-hybridized carbons (Fsp3) is 0.259. The van der Waals surface area contributed by atoms with Crippen molar-refractivity contribution in [2.45, 2.75) is 39.5 Å². The molecule has 180 valence electrons. The summed E-state index contributed by atoms with van der Waals surface area (Å²) >= 11 is 0. The molecule has 1 unspecified atom stereocenters. The first-order valence-corrected chi connectivity index (χ1v) is 11.4. The maximum atomic E-state index is 13.7. The van der Waals surface area contributed by atoms with Crippen LogP contribution in [-0.2, 0) is 21.9 Å². The molecule has 0 spiro atoms. The summed E-state index contributed by atoms with van der Waals surface area (Å²) in [5.41, 5.74) is 3.68. The lowest BCUT2D eigenvalue weighted by molar-refractivity contribution is -0.127. The van der Waals surface area contributed by atoms with Crippen LogP contribution in [0.4, 0.5) is 20.2 Å². The molecule has 1 aromatic heterocycles. The lowest BCUT2D eigenvalue weighted by Crippen LogP contribution is -2.36. The van der Waals surface area contributed by atoms with Gasteiger partial charge in [-0.1, -0.05) is 37.6 Å². The van der Waals surface area contributed by atoms with Gasteiger partial charge in [0, 0.05) is 36.1 Å². The van der Waals surface area contributed by atoms with Crippen LogP contribution in [0.25, 0.3) is 11.1 Å². The summed E-state index contributed by atoms with van der Waals surface area (Å²) in [4.78, 5) is 30.5. The molecule has 0 aliphatic carbocycles. The fourth-order valence-corrected chi connectivity index (χ4v) is 4.07. The van der Waals surface area contributed by atoms with Crippen molar-refractivity contribution >= 4 is 28.9 Å². The highest BCUT2D eigenvalue weighted by atomic mass is 19.3. The Morgan fingerprint density at radius 2 is 1.91 bits per heavy atom. The molecule has 2 aromatic carbocycles. The zero-order valence-electron chi connectivity index (χ0n) is 19.8. The number of pyridine rings is 1. The van der Waals surface area contributed by atoms with E-state index in [1.54, 1.807) is 19.3 Å². The van der Waals surface area contributed by atoms with E-state index in [2.05, 4.69) is 28.4 Å². The van der Waals surface area contributed by atoms with E-state index < -0.39 is 23.7 Å². The first-order valence-electron chi connectivity index (χ1n) is 11.4. The smallest absolute Gasteiger partial charge is 0.270 e. The van der Waals surface area contributed by atoms with Crippen molar-refractivity contribution in [1.29, 1.82) is 0 Å². The minimum Gasteiger partial charge on any atom is -0.325 e. The molecule has 4 rings (SSSR count). The molecule has 2 heterocycles. The molecule has 35 heavy (non-hydrogen) atoms. The number of halogens is 2. The van der Waals surface area contributed by atoms with Crippen LogP contribution in [-0.4, -0.2) is 22.5 Å². The van der Waals surface area contributed by atoms with Crippen LogP contribution in [0.1, 0.15) is 38.3 Å². The van der Waals surface area contributed by atoms with E-state index in [0.29, 0.717) is 11.4 Å². The molecule has 2 amide bonds. The van der Waals surface area contributed by atoms with Crippen LogP contribution in [0.5, 0.6) is 0 Å². The van der Waals surface area contributed by atoms with Crippen LogP contribution in [0.3, 0.4) is 0 Å². The number of anilines is 2. The molecule has 3 aromatic rings. The Bertz CT molecular complexity index is 1290. The topological polar surface area (TPSA) is 74.7 Å². The van der Waals surface area contributed by atoms with Crippen molar-refractivity contribution in [2.24, 2.45) is 11.0 Å². The van der Waals surface area contributed by atoms with Gasteiger partial charge in [-0.25, -0.2) is 8.78 Å². The van der Waals surface area contributed by atoms with Crippen LogP contribution in [0.15, 0.2) is 72.1 Å². The van der Waals surface area contributed by atoms with Gasteiger partial charge in [-0.15, -0.1) is 0 Å². The number of hydrogen-bond acceptors (Lipinski definition) is 4. The number of alkyl halides is 2. The van der Waals surface area contributed by atoms with Crippen molar-refractivity contribution in [3.05, 3.63) is 78.1 Å². The van der Waals surface area contributed by atoms with Crippen LogP contribution in [0, 0.1) is 5.92 Å². The van der Waals surface area contributed by atoms with Gasteiger partial charge < -0.3 is 5.32 Å². The summed E-state index contributed by atoms with van der Waals surface area (Å²) in [5.74, 6) is -5.32. The molecule has 1 atom stereocenters. The number of carbonyl (C=O) groups is 2. The van der Waals surface area contributed by atoms with Crippen molar-refractivity contribution in [3.8, 4) is 11.1 Å². The highest BCUT2D eigenvalue weighted by molar-refractivity contribution is 6.28. The Morgan fingerprint density at radius 3 is 2.60 bits per heavy atom. The summed E-state index contributed by atoms with van der Waals surface area (Å²) in [7, 11) is 0. The summed E-state index contributed by atoms with van der Waals surface area (Å²) in [6.07, 6.45) is 5.18. The predicted molar refractivity (Wildman–Crippen MR) is 132 cm³/mol. The summed E-state index contributed by atoms with van der Waals surface area (Å²) in [6.45, 7) is 4.47. The molecular weight excluding hydrogens is 450 g/mol. The zero-order valence-corrected chi connectivity index (χ0v) is 19.8. The SMILES string of the molecule is CCCc1cc(-c2cccnc2)cc(N2N=C(C)C(C(=O)Nc3cccc(C(C)(F)F)c3)C2=O)c1. The van der Waals surface area contributed by atoms with Gasteiger partial charge in [0.15, 0.2) is 5.92 Å². The number of rotatable bonds is 7. The monoisotopic (exact) mass is 476 g/mol. The van der Waals surface area contributed by atoms with Gasteiger partial charge in [-0.2, -0.15) is 10.1 Å². The lowest BCUT2D eigenvalue weighted by Gasteiger charge is -2.17. The van der Waals surface area contributed by atoms with Crippen LogP contribution >= 0.6 is 0 Å². The second-order valence-electron chi connectivity index (χ2n) is 8.66. The molecule has 1 N–H and O–H groups in total. The molecule has 6 nitrogen and oxygen atoms in total. The number of nitrogens with one attached hydrogen (secondary N) is 1. The van der Waals surface area contributed by atoms with Crippen molar-refractivity contribution in [2.75, 3.05) is 10.3 Å². The number of carbonyl (C=O) groups excluding carboxylic acids is 2. The van der Waals surface area contributed by atoms with Crippen molar-refractivity contribution in [1.82, 2.24) is 4.98 Å². The fourth-order valence-electron chi connectivity index (χ4n) is 4.07. The van der Waals surface area contributed by atoms with Gasteiger partial charge in [0.05, 0.1) is 11.4 Å². The highest BCUT2D eigenvalue weighted by Gasteiger charge is 2.40. The molecule has 0 radical (unpaired) electrons. The molecule has 0 saturated carbocycles. The summed E-state index contributed by atoms with van der Waals surface area (Å²) in [6, 6.07) is 15.0. The lowest BCUT2D eigenvalue weighted by atomic mass is 10.00. The van der Waals surface area contributed by atoms with E-state index >= 15 is 0 Å². The number of benzene rings is 2. The van der Waals surface area contributed by atoms with E-state index in [-0.39, 0.29) is 11.3 Å². The molecule has 8 heteroatoms. The first kappa shape index (κ1) is 24.2. The maximum Gasteiger partial charge on any atom is 0.270 e. The summed E-state index contributed by atoms with van der Waals surface area (Å²) in [5, 5.41) is 8.22. The standard InChI is InChI=1S/C27H26F2N4O2/c1-4-7-18-12-20(19-8-6-11-30-16-19)14-23(13-18)33-26(35)24(17(2)32-33)25(34)31-22-10-5-9-21(15-22)27(3,28)29/h5-6,8-16,24H,4,7H2,1-3H3,(H,31,34). The number of aryl methyl sites for hydroxylation is 1. The Morgan fingerprint density at radius 1 is 1.11 bits per heavy atom. The minimum atomic E-state index is -3.05. The molecular formula is C27H26F2N4O2. The quantitative estimate of drug-likeness (QED) is 0.439.